The van der Waals surface area contributed by atoms with Gasteiger partial charge in [0.25, 0.3) is 0 Å². The molecule has 1 aromatic rings. The predicted octanol–water partition coefficient (Wildman–Crippen LogP) is 3.60. The van der Waals surface area contributed by atoms with Crippen molar-refractivity contribution in [1.29, 1.82) is 0 Å². The number of Topliss-reactive ketones (excluding diaryl/α,β-unsaturated/α-hetero) is 1. The van der Waals surface area contributed by atoms with Crippen molar-refractivity contribution in [1.82, 2.24) is 5.32 Å². The molecule has 7 heteroatoms. The summed E-state index contributed by atoms with van der Waals surface area (Å²) < 4.78 is 6.00. The standard InChI is InChI=1S/C19H22ClNO4S/c1-11(22)21-19-7-12-4-13(8-19)6-18(5-12,10-19)17(24)25-9-14(23)15-2-3-16(20)26-15/h2-3,12-13H,4-10H2,1H3,(H,21,22)/t12-,13+,18?,19?. The summed E-state index contributed by atoms with van der Waals surface area (Å²) in [6, 6.07) is 3.32. The van der Waals surface area contributed by atoms with Crippen LogP contribution in [0.5, 0.6) is 0 Å². The topological polar surface area (TPSA) is 72.5 Å². The number of ether oxygens (including phenoxy) is 1. The van der Waals surface area contributed by atoms with E-state index in [2.05, 4.69) is 5.32 Å². The number of halogens is 1. The Kier molecular flexibility index (Phi) is 4.39. The van der Waals surface area contributed by atoms with E-state index in [4.69, 9.17) is 16.3 Å². The summed E-state index contributed by atoms with van der Waals surface area (Å²) in [7, 11) is 0. The number of carbonyl (C=O) groups excluding carboxylic acids is 3. The van der Waals surface area contributed by atoms with Gasteiger partial charge >= 0.3 is 5.97 Å². The third-order valence-electron chi connectivity index (χ3n) is 6.12. The Bertz CT molecular complexity index is 759. The molecule has 1 N–H and O–H groups in total. The Morgan fingerprint density at radius 3 is 2.50 bits per heavy atom. The molecule has 1 heterocycles. The van der Waals surface area contributed by atoms with E-state index in [1.165, 1.54) is 18.3 Å². The molecule has 0 aliphatic heterocycles. The number of hydrogen-bond acceptors (Lipinski definition) is 5. The van der Waals surface area contributed by atoms with Gasteiger partial charge in [0.1, 0.15) is 0 Å². The Hall–Kier alpha value is -1.40. The molecule has 0 spiro atoms. The monoisotopic (exact) mass is 395 g/mol. The van der Waals surface area contributed by atoms with Crippen LogP contribution in [0.4, 0.5) is 0 Å². The molecule has 2 unspecified atom stereocenters. The second-order valence-electron chi connectivity index (χ2n) is 8.31. The number of esters is 1. The average Bonchev–Trinajstić information content (AvgIpc) is 2.96. The summed E-state index contributed by atoms with van der Waals surface area (Å²) in [5.41, 5.74) is -0.833. The Labute approximate surface area is 161 Å². The predicted molar refractivity (Wildman–Crippen MR) is 98.3 cm³/mol. The molecule has 5 rings (SSSR count). The highest BCUT2D eigenvalue weighted by Gasteiger charge is 2.61. The number of amides is 1. The van der Waals surface area contributed by atoms with Gasteiger partial charge in [0.15, 0.2) is 6.61 Å². The van der Waals surface area contributed by atoms with Crippen LogP contribution in [0.25, 0.3) is 0 Å². The number of rotatable bonds is 5. The lowest BCUT2D eigenvalue weighted by Gasteiger charge is -2.60. The van der Waals surface area contributed by atoms with Gasteiger partial charge in [0, 0.05) is 12.5 Å². The fourth-order valence-corrected chi connectivity index (χ4v) is 6.81. The van der Waals surface area contributed by atoms with Crippen molar-refractivity contribution in [3.63, 3.8) is 0 Å². The van der Waals surface area contributed by atoms with Crippen molar-refractivity contribution in [3.05, 3.63) is 21.3 Å². The molecule has 4 atom stereocenters. The van der Waals surface area contributed by atoms with Crippen molar-refractivity contribution in [2.45, 2.75) is 51.0 Å². The molecule has 140 valence electrons. The molecule has 5 nitrogen and oxygen atoms in total. The first-order valence-electron chi connectivity index (χ1n) is 9.04. The first kappa shape index (κ1) is 18.0. The van der Waals surface area contributed by atoms with Gasteiger partial charge in [-0.2, -0.15) is 0 Å². The van der Waals surface area contributed by atoms with Crippen LogP contribution in [0.15, 0.2) is 12.1 Å². The van der Waals surface area contributed by atoms with E-state index in [-0.39, 0.29) is 29.8 Å². The van der Waals surface area contributed by atoms with Crippen LogP contribution < -0.4 is 5.32 Å². The number of ketones is 1. The first-order valence-corrected chi connectivity index (χ1v) is 10.2. The second-order valence-corrected chi connectivity index (χ2v) is 10.0. The van der Waals surface area contributed by atoms with Crippen LogP contribution in [0.1, 0.15) is 55.1 Å². The fraction of sp³-hybridized carbons (Fsp3) is 0.632. The van der Waals surface area contributed by atoms with Gasteiger partial charge in [0.2, 0.25) is 11.7 Å². The molecule has 4 fully saturated rings. The maximum Gasteiger partial charge on any atom is 0.312 e. The molecule has 0 aromatic carbocycles. The highest BCUT2D eigenvalue weighted by Crippen LogP contribution is 2.62. The number of hydrogen-bond donors (Lipinski definition) is 1. The van der Waals surface area contributed by atoms with E-state index in [9.17, 15) is 14.4 Å². The number of nitrogens with one attached hydrogen (secondary N) is 1. The van der Waals surface area contributed by atoms with Gasteiger partial charge in [-0.3, -0.25) is 14.4 Å². The van der Waals surface area contributed by atoms with Gasteiger partial charge in [-0.15, -0.1) is 11.3 Å². The molecule has 4 saturated carbocycles. The zero-order chi connectivity index (χ0) is 18.5. The summed E-state index contributed by atoms with van der Waals surface area (Å²) in [6.07, 6.45) is 5.27. The minimum atomic E-state index is -0.556. The van der Waals surface area contributed by atoms with E-state index in [1.54, 1.807) is 12.1 Å². The minimum Gasteiger partial charge on any atom is -0.457 e. The molecule has 0 saturated heterocycles. The smallest absolute Gasteiger partial charge is 0.312 e. The molecule has 26 heavy (non-hydrogen) atoms. The van der Waals surface area contributed by atoms with Gasteiger partial charge in [-0.1, -0.05) is 11.6 Å². The highest BCUT2D eigenvalue weighted by atomic mass is 35.5. The van der Waals surface area contributed by atoms with E-state index in [0.717, 1.165) is 32.1 Å². The minimum absolute atomic E-state index is 0.0415. The summed E-state index contributed by atoms with van der Waals surface area (Å²) in [4.78, 5) is 37.4. The molecular weight excluding hydrogens is 374 g/mol. The SMILES string of the molecule is CC(=O)NC12C[C@H]3C[C@@H](C1)CC(C(=O)OCC(=O)c1ccc(Cl)s1)(C3)C2. The lowest BCUT2D eigenvalue weighted by Crippen LogP contribution is -2.64. The molecule has 4 bridgehead atoms. The average molecular weight is 396 g/mol. The van der Waals surface area contributed by atoms with Crippen LogP contribution in [0.2, 0.25) is 4.34 Å². The molecule has 4 aliphatic carbocycles. The lowest BCUT2D eigenvalue weighted by atomic mass is 9.47. The lowest BCUT2D eigenvalue weighted by molar-refractivity contribution is -0.174. The Balaban J connectivity index is 1.47. The van der Waals surface area contributed by atoms with Crippen molar-refractivity contribution in [2.75, 3.05) is 6.61 Å². The zero-order valence-corrected chi connectivity index (χ0v) is 16.3. The summed E-state index contributed by atoms with van der Waals surface area (Å²) in [6.45, 7) is 1.29. The van der Waals surface area contributed by atoms with Crippen LogP contribution in [0.3, 0.4) is 0 Å². The van der Waals surface area contributed by atoms with Crippen molar-refractivity contribution >= 4 is 40.6 Å². The normalized spacial score (nSPS) is 34.5. The quantitative estimate of drug-likeness (QED) is 0.610. The number of thiophene rings is 1. The molecule has 1 aromatic heterocycles. The van der Waals surface area contributed by atoms with Gasteiger partial charge in [-0.05, 0) is 62.5 Å². The van der Waals surface area contributed by atoms with Crippen molar-refractivity contribution < 1.29 is 19.1 Å². The van der Waals surface area contributed by atoms with Crippen molar-refractivity contribution in [2.24, 2.45) is 17.3 Å². The van der Waals surface area contributed by atoms with Crippen LogP contribution >= 0.6 is 22.9 Å². The number of carbonyl (C=O) groups is 3. The van der Waals surface area contributed by atoms with Gasteiger partial charge in [-0.25, -0.2) is 0 Å². The summed E-state index contributed by atoms with van der Waals surface area (Å²) in [5.74, 6) is 0.346. The van der Waals surface area contributed by atoms with E-state index in [0.29, 0.717) is 27.5 Å². The summed E-state index contributed by atoms with van der Waals surface area (Å²) in [5, 5.41) is 3.13. The van der Waals surface area contributed by atoms with E-state index in [1.807, 2.05) is 0 Å². The molecule has 1 amide bonds. The molecule has 4 aliphatic rings. The van der Waals surface area contributed by atoms with Crippen molar-refractivity contribution in [3.8, 4) is 0 Å². The Morgan fingerprint density at radius 1 is 1.23 bits per heavy atom. The third kappa shape index (κ3) is 3.18. The van der Waals surface area contributed by atoms with Crippen LogP contribution in [0, 0.1) is 17.3 Å². The largest absolute Gasteiger partial charge is 0.457 e. The fourth-order valence-electron chi connectivity index (χ4n) is 5.84. The zero-order valence-electron chi connectivity index (χ0n) is 14.7. The van der Waals surface area contributed by atoms with Crippen LogP contribution in [-0.2, 0) is 14.3 Å². The highest BCUT2D eigenvalue weighted by molar-refractivity contribution is 7.18. The maximum absolute atomic E-state index is 13.0. The molecular formula is C19H22ClNO4S. The second kappa shape index (κ2) is 6.34. The van der Waals surface area contributed by atoms with E-state index < -0.39 is 5.41 Å². The first-order chi connectivity index (χ1) is 12.3. The Morgan fingerprint density at radius 2 is 1.92 bits per heavy atom. The van der Waals surface area contributed by atoms with Crippen LogP contribution in [-0.4, -0.2) is 29.8 Å². The third-order valence-corrected chi connectivity index (χ3v) is 7.39. The van der Waals surface area contributed by atoms with E-state index >= 15 is 0 Å². The summed E-state index contributed by atoms with van der Waals surface area (Å²) >= 11 is 7.05. The van der Waals surface area contributed by atoms with Gasteiger partial charge < -0.3 is 10.1 Å². The maximum atomic E-state index is 13.0. The molecule has 0 radical (unpaired) electrons. The van der Waals surface area contributed by atoms with Gasteiger partial charge in [0.05, 0.1) is 14.6 Å².